The van der Waals surface area contributed by atoms with Gasteiger partial charge in [0, 0.05) is 5.02 Å². The summed E-state index contributed by atoms with van der Waals surface area (Å²) in [7, 11) is 0. The maximum atomic E-state index is 5.93. The van der Waals surface area contributed by atoms with Crippen LogP contribution in [-0.2, 0) is 13.2 Å². The van der Waals surface area contributed by atoms with Crippen LogP contribution < -0.4 is 14.9 Å². The number of aromatic nitrogens is 3. The minimum atomic E-state index is 0.443. The van der Waals surface area contributed by atoms with Crippen molar-refractivity contribution in [1.29, 1.82) is 0 Å². The minimum Gasteiger partial charge on any atom is -0.490 e. The van der Waals surface area contributed by atoms with E-state index in [-0.39, 0.29) is 0 Å². The Morgan fingerprint density at radius 3 is 2.52 bits per heavy atom. The van der Waals surface area contributed by atoms with Crippen LogP contribution >= 0.6 is 23.8 Å². The van der Waals surface area contributed by atoms with Crippen molar-refractivity contribution in [2.75, 3.05) is 12.0 Å². The molecule has 0 unspecified atom stereocenters. The number of aromatic amines is 1. The van der Waals surface area contributed by atoms with E-state index < -0.39 is 0 Å². The highest BCUT2D eigenvalue weighted by Crippen LogP contribution is 2.29. The van der Waals surface area contributed by atoms with E-state index in [1.807, 2.05) is 56.3 Å². The Balaban J connectivity index is 1.70. The fraction of sp³-hybridized carbons (Fsp3) is 0.263. The molecule has 0 aliphatic heterocycles. The molecule has 0 spiro atoms. The lowest BCUT2D eigenvalue weighted by Gasteiger charge is -2.14. The van der Waals surface area contributed by atoms with E-state index in [0.29, 0.717) is 41.1 Å². The molecule has 0 atom stereocenters. The second-order valence-corrected chi connectivity index (χ2v) is 6.70. The molecule has 27 heavy (non-hydrogen) atoms. The molecule has 0 aliphatic rings. The molecule has 3 aromatic rings. The van der Waals surface area contributed by atoms with E-state index >= 15 is 0 Å². The van der Waals surface area contributed by atoms with E-state index in [0.717, 1.165) is 17.0 Å². The Labute approximate surface area is 168 Å². The number of H-pyrrole nitrogens is 1. The van der Waals surface area contributed by atoms with Crippen molar-refractivity contribution in [3.63, 3.8) is 0 Å². The second-order valence-electron chi connectivity index (χ2n) is 5.88. The van der Waals surface area contributed by atoms with Crippen LogP contribution in [0.25, 0.3) is 0 Å². The Hall–Kier alpha value is -2.51. The molecule has 0 saturated heterocycles. The number of hydrogen-bond donors (Lipinski definition) is 2. The van der Waals surface area contributed by atoms with E-state index in [9.17, 15) is 0 Å². The summed E-state index contributed by atoms with van der Waals surface area (Å²) in [6.45, 7) is 5.39. The monoisotopic (exact) mass is 404 g/mol. The minimum absolute atomic E-state index is 0.443. The maximum absolute atomic E-state index is 5.93. The summed E-state index contributed by atoms with van der Waals surface area (Å²) in [6.07, 6.45) is 0. The smallest absolute Gasteiger partial charge is 0.214 e. The third-order valence-electron chi connectivity index (χ3n) is 3.90. The molecule has 3 rings (SSSR count). The van der Waals surface area contributed by atoms with Gasteiger partial charge in [-0.3, -0.25) is 5.10 Å². The summed E-state index contributed by atoms with van der Waals surface area (Å²) < 4.78 is 13.9. The molecule has 2 aromatic carbocycles. The molecule has 2 N–H and O–H groups in total. The highest BCUT2D eigenvalue weighted by atomic mass is 35.5. The predicted octanol–water partition coefficient (Wildman–Crippen LogP) is 4.62. The number of ether oxygens (including phenoxy) is 2. The van der Waals surface area contributed by atoms with Crippen molar-refractivity contribution in [2.45, 2.75) is 27.0 Å². The van der Waals surface area contributed by atoms with Gasteiger partial charge in [0.25, 0.3) is 0 Å². The van der Waals surface area contributed by atoms with Crippen LogP contribution in [0, 0.1) is 11.7 Å². The molecule has 0 saturated carbocycles. The highest BCUT2D eigenvalue weighted by Gasteiger charge is 2.08. The van der Waals surface area contributed by atoms with Crippen LogP contribution in [-0.4, -0.2) is 21.5 Å². The zero-order valence-electron chi connectivity index (χ0n) is 15.2. The van der Waals surface area contributed by atoms with Crippen LogP contribution in [0.3, 0.4) is 0 Å². The van der Waals surface area contributed by atoms with Gasteiger partial charge < -0.3 is 14.9 Å². The number of aryl methyl sites for hydroxylation is 1. The highest BCUT2D eigenvalue weighted by molar-refractivity contribution is 7.71. The molecule has 1 aromatic heterocycles. The lowest BCUT2D eigenvalue weighted by atomic mass is 10.2. The van der Waals surface area contributed by atoms with Crippen molar-refractivity contribution in [3.05, 3.63) is 69.2 Å². The fourth-order valence-corrected chi connectivity index (χ4v) is 2.89. The molecule has 1 heterocycles. The SMILES string of the molecule is CCOc1cc(CNn2c(C)n[nH]c2=S)ccc1OCc1ccc(Cl)cc1. The van der Waals surface area contributed by atoms with Crippen molar-refractivity contribution in [3.8, 4) is 11.5 Å². The molecule has 0 fully saturated rings. The van der Waals surface area contributed by atoms with Gasteiger partial charge in [-0.15, -0.1) is 0 Å². The Kier molecular flexibility index (Phi) is 6.36. The van der Waals surface area contributed by atoms with Gasteiger partial charge in [-0.25, -0.2) is 4.68 Å². The quantitative estimate of drug-likeness (QED) is 0.536. The third-order valence-corrected chi connectivity index (χ3v) is 4.42. The van der Waals surface area contributed by atoms with Crippen LogP contribution in [0.1, 0.15) is 23.9 Å². The van der Waals surface area contributed by atoms with Gasteiger partial charge in [-0.2, -0.15) is 5.10 Å². The van der Waals surface area contributed by atoms with Gasteiger partial charge in [-0.1, -0.05) is 29.8 Å². The molecular weight excluding hydrogens is 384 g/mol. The Morgan fingerprint density at radius 1 is 1.11 bits per heavy atom. The Morgan fingerprint density at radius 2 is 1.85 bits per heavy atom. The zero-order valence-corrected chi connectivity index (χ0v) is 16.7. The second kappa shape index (κ2) is 8.92. The topological polar surface area (TPSA) is 64.1 Å². The summed E-state index contributed by atoms with van der Waals surface area (Å²) in [6, 6.07) is 13.5. The van der Waals surface area contributed by atoms with Crippen molar-refractivity contribution in [1.82, 2.24) is 14.9 Å². The first-order valence-corrected chi connectivity index (χ1v) is 9.36. The summed E-state index contributed by atoms with van der Waals surface area (Å²) in [5, 5.41) is 7.54. The molecular formula is C19H21ClN4O2S. The average Bonchev–Trinajstić information content (AvgIpc) is 2.99. The summed E-state index contributed by atoms with van der Waals surface area (Å²) in [5.74, 6) is 2.18. The van der Waals surface area contributed by atoms with Gasteiger partial charge in [-0.05, 0) is 61.5 Å². The largest absolute Gasteiger partial charge is 0.490 e. The van der Waals surface area contributed by atoms with Crippen molar-refractivity contribution < 1.29 is 9.47 Å². The number of halogens is 1. The van der Waals surface area contributed by atoms with E-state index in [2.05, 4.69) is 15.6 Å². The predicted molar refractivity (Wildman–Crippen MR) is 109 cm³/mol. The van der Waals surface area contributed by atoms with Crippen LogP contribution in [0.4, 0.5) is 0 Å². The Bertz CT molecular complexity index is 953. The van der Waals surface area contributed by atoms with Gasteiger partial charge in [0.1, 0.15) is 12.4 Å². The number of hydrogen-bond acceptors (Lipinski definition) is 5. The number of benzene rings is 2. The van der Waals surface area contributed by atoms with Gasteiger partial charge >= 0.3 is 0 Å². The van der Waals surface area contributed by atoms with Crippen LogP contribution in [0.2, 0.25) is 5.02 Å². The average molecular weight is 405 g/mol. The van der Waals surface area contributed by atoms with Crippen LogP contribution in [0.5, 0.6) is 11.5 Å². The third kappa shape index (κ3) is 5.02. The van der Waals surface area contributed by atoms with E-state index in [1.54, 1.807) is 4.68 Å². The van der Waals surface area contributed by atoms with Crippen molar-refractivity contribution >= 4 is 23.8 Å². The maximum Gasteiger partial charge on any atom is 0.214 e. The first-order valence-electron chi connectivity index (χ1n) is 8.57. The molecule has 0 amide bonds. The molecule has 8 heteroatoms. The summed E-state index contributed by atoms with van der Waals surface area (Å²) >= 11 is 11.1. The normalized spacial score (nSPS) is 10.6. The van der Waals surface area contributed by atoms with Crippen LogP contribution in [0.15, 0.2) is 42.5 Å². The fourth-order valence-electron chi connectivity index (χ4n) is 2.52. The van der Waals surface area contributed by atoms with Gasteiger partial charge in [0.05, 0.1) is 13.2 Å². The number of nitrogens with zero attached hydrogens (tertiary/aromatic N) is 2. The molecule has 6 nitrogen and oxygen atoms in total. The molecule has 0 aliphatic carbocycles. The van der Waals surface area contributed by atoms with Crippen molar-refractivity contribution in [2.24, 2.45) is 0 Å². The lowest BCUT2D eigenvalue weighted by Crippen LogP contribution is -2.16. The molecule has 0 radical (unpaired) electrons. The zero-order chi connectivity index (χ0) is 19.2. The number of nitrogens with one attached hydrogen (secondary N) is 2. The van der Waals surface area contributed by atoms with E-state index in [1.165, 1.54) is 0 Å². The van der Waals surface area contributed by atoms with Gasteiger partial charge in [0.15, 0.2) is 11.5 Å². The molecule has 142 valence electrons. The molecule has 0 bridgehead atoms. The summed E-state index contributed by atoms with van der Waals surface area (Å²) in [4.78, 5) is 0. The van der Waals surface area contributed by atoms with Gasteiger partial charge in [0.2, 0.25) is 4.77 Å². The van der Waals surface area contributed by atoms with E-state index in [4.69, 9.17) is 33.3 Å². The lowest BCUT2D eigenvalue weighted by molar-refractivity contribution is 0.269. The first kappa shape index (κ1) is 19.3. The summed E-state index contributed by atoms with van der Waals surface area (Å²) in [5.41, 5.74) is 5.32. The number of rotatable bonds is 8. The first-order chi connectivity index (χ1) is 13.1. The standard InChI is InChI=1S/C19H21ClN4O2S/c1-3-25-18-10-15(11-21-24-13(2)22-23-19(24)27)6-9-17(18)26-12-14-4-7-16(20)8-5-14/h4-10,21H,3,11-12H2,1-2H3,(H,23,27).